The van der Waals surface area contributed by atoms with E-state index in [9.17, 15) is 0 Å². The van der Waals surface area contributed by atoms with E-state index in [1.807, 2.05) is 13.0 Å². The average molecular weight is 516 g/mol. The van der Waals surface area contributed by atoms with Gasteiger partial charge in [0.25, 0.3) is 0 Å². The number of halogens is 1. The molecular weight excluding hydrogens is 481 g/mol. The van der Waals surface area contributed by atoms with Crippen molar-refractivity contribution in [1.29, 1.82) is 0 Å². The standard InChI is InChI=1S/C21H33N5S.HI/c1-6-22-20(23-13-12-19-14-27-17(3)25-19)24-15-21(4,5)26-16(2)18-10-8-7-9-11-18;/h7-11,14,16,26H,6,12-13,15H2,1-5H3,(H2,22,23,24);1H. The van der Waals surface area contributed by atoms with Gasteiger partial charge >= 0.3 is 0 Å². The van der Waals surface area contributed by atoms with Crippen molar-refractivity contribution in [3.63, 3.8) is 0 Å². The number of hydrogen-bond donors (Lipinski definition) is 3. The molecule has 0 amide bonds. The van der Waals surface area contributed by atoms with Crippen LogP contribution in [0.1, 0.15) is 50.0 Å². The Morgan fingerprint density at radius 2 is 1.93 bits per heavy atom. The van der Waals surface area contributed by atoms with Gasteiger partial charge in [-0.2, -0.15) is 0 Å². The van der Waals surface area contributed by atoms with Crippen LogP contribution >= 0.6 is 35.3 Å². The lowest BCUT2D eigenvalue weighted by Gasteiger charge is -2.29. The van der Waals surface area contributed by atoms with Crippen molar-refractivity contribution in [2.45, 2.75) is 52.6 Å². The predicted molar refractivity (Wildman–Crippen MR) is 132 cm³/mol. The number of guanidine groups is 1. The lowest BCUT2D eigenvalue weighted by molar-refractivity contribution is 0.356. The van der Waals surface area contributed by atoms with Crippen LogP contribution in [-0.2, 0) is 6.42 Å². The summed E-state index contributed by atoms with van der Waals surface area (Å²) in [5.74, 6) is 0.853. The molecule has 0 saturated heterocycles. The fourth-order valence-electron chi connectivity index (χ4n) is 2.91. The third-order valence-corrected chi connectivity index (χ3v) is 5.05. The van der Waals surface area contributed by atoms with E-state index in [1.165, 1.54) is 5.56 Å². The lowest BCUT2D eigenvalue weighted by atomic mass is 10.0. The van der Waals surface area contributed by atoms with E-state index in [0.29, 0.717) is 6.54 Å². The molecule has 1 aromatic carbocycles. The molecule has 0 radical (unpaired) electrons. The summed E-state index contributed by atoms with van der Waals surface area (Å²) in [5, 5.41) is 13.7. The van der Waals surface area contributed by atoms with Gasteiger partial charge in [0.1, 0.15) is 0 Å². The highest BCUT2D eigenvalue weighted by Gasteiger charge is 2.20. The first kappa shape index (κ1) is 24.8. The van der Waals surface area contributed by atoms with Crippen molar-refractivity contribution in [2.75, 3.05) is 19.6 Å². The van der Waals surface area contributed by atoms with Crippen LogP contribution in [0.25, 0.3) is 0 Å². The largest absolute Gasteiger partial charge is 0.357 e. The number of rotatable bonds is 9. The predicted octanol–water partition coefficient (Wildman–Crippen LogP) is 4.30. The highest BCUT2D eigenvalue weighted by molar-refractivity contribution is 14.0. The molecule has 1 atom stereocenters. The number of aliphatic imine (C=N–C) groups is 1. The monoisotopic (exact) mass is 515 g/mol. The second-order valence-corrected chi connectivity index (χ2v) is 8.45. The summed E-state index contributed by atoms with van der Waals surface area (Å²) < 4.78 is 0. The number of thiazole rings is 1. The molecule has 0 aliphatic heterocycles. The van der Waals surface area contributed by atoms with E-state index < -0.39 is 0 Å². The SMILES string of the molecule is CCNC(=NCC(C)(C)NC(C)c1ccccc1)NCCc1csc(C)n1.I. The van der Waals surface area contributed by atoms with Gasteiger partial charge < -0.3 is 16.0 Å². The van der Waals surface area contributed by atoms with Crippen molar-refractivity contribution < 1.29 is 0 Å². The smallest absolute Gasteiger partial charge is 0.191 e. The summed E-state index contributed by atoms with van der Waals surface area (Å²) in [7, 11) is 0. The molecule has 7 heteroatoms. The first-order valence-corrected chi connectivity index (χ1v) is 10.5. The van der Waals surface area contributed by atoms with Crippen LogP contribution in [0.4, 0.5) is 0 Å². The molecule has 0 aliphatic carbocycles. The summed E-state index contributed by atoms with van der Waals surface area (Å²) in [4.78, 5) is 9.29. The normalized spacial score (nSPS) is 13.0. The number of aryl methyl sites for hydroxylation is 1. The molecule has 0 bridgehead atoms. The first-order valence-electron chi connectivity index (χ1n) is 9.65. The maximum atomic E-state index is 4.78. The topological polar surface area (TPSA) is 61.3 Å². The van der Waals surface area contributed by atoms with Crippen LogP contribution in [0, 0.1) is 6.92 Å². The Morgan fingerprint density at radius 3 is 2.54 bits per heavy atom. The van der Waals surface area contributed by atoms with Gasteiger partial charge in [-0.05, 0) is 40.2 Å². The summed E-state index contributed by atoms with van der Waals surface area (Å²) in [5.41, 5.74) is 2.32. The summed E-state index contributed by atoms with van der Waals surface area (Å²) in [6, 6.07) is 10.8. The van der Waals surface area contributed by atoms with Crippen LogP contribution in [0.15, 0.2) is 40.7 Å². The molecule has 1 heterocycles. The van der Waals surface area contributed by atoms with Gasteiger partial charge in [0.05, 0.1) is 17.2 Å². The molecule has 3 N–H and O–H groups in total. The number of hydrogen-bond acceptors (Lipinski definition) is 4. The Hall–Kier alpha value is -1.19. The van der Waals surface area contributed by atoms with Crippen LogP contribution in [0.5, 0.6) is 0 Å². The van der Waals surface area contributed by atoms with Gasteiger partial charge in [-0.15, -0.1) is 35.3 Å². The van der Waals surface area contributed by atoms with Crippen molar-refractivity contribution in [3.8, 4) is 0 Å². The molecule has 0 saturated carbocycles. The first-order chi connectivity index (χ1) is 12.9. The molecule has 2 aromatic rings. The zero-order chi connectivity index (χ0) is 19.7. The van der Waals surface area contributed by atoms with Crippen LogP contribution in [-0.4, -0.2) is 36.1 Å². The number of aromatic nitrogens is 1. The van der Waals surface area contributed by atoms with E-state index in [4.69, 9.17) is 4.99 Å². The van der Waals surface area contributed by atoms with E-state index in [0.717, 1.165) is 36.2 Å². The Balaban J connectivity index is 0.00000392. The van der Waals surface area contributed by atoms with Gasteiger partial charge in [0.15, 0.2) is 5.96 Å². The highest BCUT2D eigenvalue weighted by atomic mass is 127. The molecule has 0 fully saturated rings. The maximum absolute atomic E-state index is 4.78. The molecule has 0 aliphatic rings. The minimum Gasteiger partial charge on any atom is -0.357 e. The quantitative estimate of drug-likeness (QED) is 0.265. The molecule has 0 spiro atoms. The fourth-order valence-corrected chi connectivity index (χ4v) is 3.55. The minimum atomic E-state index is -0.108. The number of benzene rings is 1. The van der Waals surface area contributed by atoms with Gasteiger partial charge in [-0.25, -0.2) is 4.98 Å². The van der Waals surface area contributed by atoms with Crippen LogP contribution < -0.4 is 16.0 Å². The van der Waals surface area contributed by atoms with Gasteiger partial charge in [-0.1, -0.05) is 30.3 Å². The summed E-state index contributed by atoms with van der Waals surface area (Å²) in [6.45, 7) is 13.1. The van der Waals surface area contributed by atoms with Crippen molar-refractivity contribution in [2.24, 2.45) is 4.99 Å². The van der Waals surface area contributed by atoms with Gasteiger partial charge in [0, 0.05) is 36.5 Å². The third kappa shape index (κ3) is 8.87. The Labute approximate surface area is 190 Å². The fraction of sp³-hybridized carbons (Fsp3) is 0.524. The maximum Gasteiger partial charge on any atom is 0.191 e. The molecular formula is C21H34IN5S. The second-order valence-electron chi connectivity index (χ2n) is 7.39. The summed E-state index contributed by atoms with van der Waals surface area (Å²) >= 11 is 1.70. The van der Waals surface area contributed by atoms with Gasteiger partial charge in [-0.3, -0.25) is 4.99 Å². The van der Waals surface area contributed by atoms with Crippen molar-refractivity contribution in [3.05, 3.63) is 52.0 Å². The van der Waals surface area contributed by atoms with E-state index in [-0.39, 0.29) is 35.6 Å². The Bertz CT molecular complexity index is 715. The minimum absolute atomic E-state index is 0. The molecule has 5 nitrogen and oxygen atoms in total. The zero-order valence-electron chi connectivity index (χ0n) is 17.6. The van der Waals surface area contributed by atoms with Crippen LogP contribution in [0.2, 0.25) is 0 Å². The van der Waals surface area contributed by atoms with E-state index >= 15 is 0 Å². The summed E-state index contributed by atoms with van der Waals surface area (Å²) in [6.07, 6.45) is 0.904. The van der Waals surface area contributed by atoms with Crippen LogP contribution in [0.3, 0.4) is 0 Å². The highest BCUT2D eigenvalue weighted by Crippen LogP contribution is 2.16. The van der Waals surface area contributed by atoms with Crippen molar-refractivity contribution >= 4 is 41.3 Å². The van der Waals surface area contributed by atoms with E-state index in [2.05, 4.69) is 78.3 Å². The molecule has 2 rings (SSSR count). The lowest BCUT2D eigenvalue weighted by Crippen LogP contribution is -2.45. The third-order valence-electron chi connectivity index (χ3n) is 4.22. The molecule has 1 aromatic heterocycles. The Morgan fingerprint density at radius 1 is 1.21 bits per heavy atom. The van der Waals surface area contributed by atoms with Gasteiger partial charge in [0.2, 0.25) is 0 Å². The number of nitrogens with zero attached hydrogens (tertiary/aromatic N) is 2. The van der Waals surface area contributed by atoms with Crippen molar-refractivity contribution in [1.82, 2.24) is 20.9 Å². The van der Waals surface area contributed by atoms with E-state index in [1.54, 1.807) is 11.3 Å². The number of nitrogens with one attached hydrogen (secondary N) is 3. The molecule has 28 heavy (non-hydrogen) atoms. The molecule has 1 unspecified atom stereocenters. The zero-order valence-corrected chi connectivity index (χ0v) is 20.7. The molecule has 156 valence electrons. The average Bonchev–Trinajstić information content (AvgIpc) is 3.05. The second kappa shape index (κ2) is 12.4. The Kier molecular flexibility index (Phi) is 11.0.